The molecule has 1 aromatic rings. The molecule has 2 atom stereocenters. The Morgan fingerprint density at radius 3 is 2.60 bits per heavy atom. The molecule has 1 aliphatic heterocycles. The number of piperidine rings is 1. The van der Waals surface area contributed by atoms with E-state index in [0.717, 1.165) is 19.3 Å². The van der Waals surface area contributed by atoms with Crippen LogP contribution in [0, 0.1) is 0 Å². The van der Waals surface area contributed by atoms with Gasteiger partial charge in [-0.25, -0.2) is 13.4 Å². The van der Waals surface area contributed by atoms with Gasteiger partial charge in [-0.05, 0) is 45.7 Å². The van der Waals surface area contributed by atoms with Gasteiger partial charge in [0, 0.05) is 24.8 Å². The highest BCUT2D eigenvalue weighted by atomic mass is 32.2. The van der Waals surface area contributed by atoms with Crippen molar-refractivity contribution in [3.63, 3.8) is 0 Å². The van der Waals surface area contributed by atoms with Crippen LogP contribution < -0.4 is 5.32 Å². The molecule has 112 valence electrons. The van der Waals surface area contributed by atoms with Crippen LogP contribution in [0.15, 0.2) is 23.4 Å². The number of aromatic nitrogens is 1. The van der Waals surface area contributed by atoms with Gasteiger partial charge in [0.05, 0.1) is 5.69 Å². The predicted molar refractivity (Wildman–Crippen MR) is 80.2 cm³/mol. The van der Waals surface area contributed by atoms with E-state index in [1.807, 2.05) is 20.8 Å². The van der Waals surface area contributed by atoms with Crippen molar-refractivity contribution < 1.29 is 8.42 Å². The molecule has 0 aliphatic carbocycles. The van der Waals surface area contributed by atoms with Crippen LogP contribution in [-0.4, -0.2) is 36.3 Å². The number of hydrogen-bond acceptors (Lipinski definition) is 4. The number of nitrogens with zero attached hydrogens (tertiary/aromatic N) is 2. The van der Waals surface area contributed by atoms with Gasteiger partial charge in [0.15, 0.2) is 5.03 Å². The molecule has 1 aliphatic rings. The lowest BCUT2D eigenvalue weighted by molar-refractivity contribution is 0.204. The fraction of sp³-hybridized carbons (Fsp3) is 0.643. The summed E-state index contributed by atoms with van der Waals surface area (Å²) in [6.45, 7) is 6.56. The molecular weight excluding hydrogens is 274 g/mol. The summed E-state index contributed by atoms with van der Waals surface area (Å²) in [5, 5.41) is 3.22. The molecule has 5 nitrogen and oxygen atoms in total. The Kier molecular flexibility index (Phi) is 4.65. The first kappa shape index (κ1) is 15.3. The number of anilines is 1. The molecule has 0 amide bonds. The molecule has 2 rings (SSSR count). The zero-order valence-electron chi connectivity index (χ0n) is 12.3. The van der Waals surface area contributed by atoms with Gasteiger partial charge in [-0.15, -0.1) is 0 Å². The van der Waals surface area contributed by atoms with E-state index in [1.165, 1.54) is 6.20 Å². The van der Waals surface area contributed by atoms with Crippen LogP contribution in [0.5, 0.6) is 0 Å². The van der Waals surface area contributed by atoms with E-state index in [9.17, 15) is 8.42 Å². The van der Waals surface area contributed by atoms with E-state index >= 15 is 0 Å². The normalized spacial score (nSPS) is 24.6. The minimum Gasteiger partial charge on any atom is -0.383 e. The first-order valence-corrected chi connectivity index (χ1v) is 8.65. The van der Waals surface area contributed by atoms with Crippen molar-refractivity contribution in [1.82, 2.24) is 9.29 Å². The van der Waals surface area contributed by atoms with Crippen molar-refractivity contribution in [1.29, 1.82) is 0 Å². The van der Waals surface area contributed by atoms with Crippen LogP contribution in [0.2, 0.25) is 0 Å². The molecule has 0 spiro atoms. The topological polar surface area (TPSA) is 62.3 Å². The van der Waals surface area contributed by atoms with E-state index in [4.69, 9.17) is 0 Å². The van der Waals surface area contributed by atoms with Crippen LogP contribution in [0.1, 0.15) is 40.0 Å². The van der Waals surface area contributed by atoms with Crippen LogP contribution in [-0.2, 0) is 10.0 Å². The summed E-state index contributed by atoms with van der Waals surface area (Å²) >= 11 is 0. The average Bonchev–Trinajstić information content (AvgIpc) is 2.39. The van der Waals surface area contributed by atoms with E-state index < -0.39 is 10.0 Å². The summed E-state index contributed by atoms with van der Waals surface area (Å²) in [7, 11) is -3.55. The van der Waals surface area contributed by atoms with Crippen molar-refractivity contribution in [2.75, 3.05) is 11.9 Å². The van der Waals surface area contributed by atoms with Crippen molar-refractivity contribution in [3.8, 4) is 0 Å². The molecule has 2 heterocycles. The Bertz CT molecular complexity index is 549. The maximum Gasteiger partial charge on any atom is 0.263 e. The van der Waals surface area contributed by atoms with Gasteiger partial charge in [-0.3, -0.25) is 0 Å². The third kappa shape index (κ3) is 2.81. The van der Waals surface area contributed by atoms with Gasteiger partial charge in [0.1, 0.15) is 0 Å². The first-order chi connectivity index (χ1) is 9.48. The summed E-state index contributed by atoms with van der Waals surface area (Å²) in [5.74, 6) is 0. The van der Waals surface area contributed by atoms with Crippen molar-refractivity contribution in [2.24, 2.45) is 0 Å². The highest BCUT2D eigenvalue weighted by Gasteiger charge is 2.37. The molecule has 0 unspecified atom stereocenters. The predicted octanol–water partition coefficient (Wildman–Crippen LogP) is 2.47. The van der Waals surface area contributed by atoms with Crippen molar-refractivity contribution in [3.05, 3.63) is 18.3 Å². The van der Waals surface area contributed by atoms with Crippen LogP contribution in [0.3, 0.4) is 0 Å². The quantitative estimate of drug-likeness (QED) is 0.927. The second-order valence-electron chi connectivity index (χ2n) is 5.35. The zero-order chi connectivity index (χ0) is 14.8. The van der Waals surface area contributed by atoms with E-state index in [1.54, 1.807) is 16.4 Å². The summed E-state index contributed by atoms with van der Waals surface area (Å²) in [4.78, 5) is 4.12. The first-order valence-electron chi connectivity index (χ1n) is 7.21. The Labute approximate surface area is 121 Å². The van der Waals surface area contributed by atoms with E-state index in [0.29, 0.717) is 12.2 Å². The van der Waals surface area contributed by atoms with Crippen molar-refractivity contribution >= 4 is 15.7 Å². The van der Waals surface area contributed by atoms with Gasteiger partial charge >= 0.3 is 0 Å². The maximum absolute atomic E-state index is 12.9. The molecule has 0 aromatic carbocycles. The zero-order valence-corrected chi connectivity index (χ0v) is 13.2. The third-order valence-corrected chi connectivity index (χ3v) is 5.86. The van der Waals surface area contributed by atoms with Crippen molar-refractivity contribution in [2.45, 2.75) is 57.1 Å². The van der Waals surface area contributed by atoms with Crippen LogP contribution >= 0.6 is 0 Å². The van der Waals surface area contributed by atoms with Crippen LogP contribution in [0.25, 0.3) is 0 Å². The minimum atomic E-state index is -3.55. The van der Waals surface area contributed by atoms with Crippen LogP contribution in [0.4, 0.5) is 5.69 Å². The molecule has 1 N–H and O–H groups in total. The van der Waals surface area contributed by atoms with E-state index in [2.05, 4.69) is 10.3 Å². The molecular formula is C14H23N3O2S. The third-order valence-electron chi connectivity index (χ3n) is 3.77. The Morgan fingerprint density at radius 2 is 2.00 bits per heavy atom. The Balaban J connectivity index is 2.44. The summed E-state index contributed by atoms with van der Waals surface area (Å²) < 4.78 is 27.5. The lowest BCUT2D eigenvalue weighted by Gasteiger charge is -2.37. The lowest BCUT2D eigenvalue weighted by atomic mass is 10.0. The molecule has 0 saturated carbocycles. The fourth-order valence-electron chi connectivity index (χ4n) is 2.89. The van der Waals surface area contributed by atoms with Gasteiger partial charge in [-0.2, -0.15) is 4.31 Å². The van der Waals surface area contributed by atoms with Gasteiger partial charge in [-0.1, -0.05) is 6.42 Å². The van der Waals surface area contributed by atoms with Gasteiger partial charge in [0.25, 0.3) is 10.0 Å². The maximum atomic E-state index is 12.9. The number of sulfonamides is 1. The highest BCUT2D eigenvalue weighted by Crippen LogP contribution is 2.31. The number of rotatable bonds is 4. The summed E-state index contributed by atoms with van der Waals surface area (Å²) in [6, 6.07) is 3.57. The molecule has 0 bridgehead atoms. The second-order valence-corrected chi connectivity index (χ2v) is 7.11. The smallest absolute Gasteiger partial charge is 0.263 e. The second kappa shape index (κ2) is 6.10. The number of pyridine rings is 1. The molecule has 6 heteroatoms. The SMILES string of the molecule is CCNc1cccnc1S(=O)(=O)N1[C@H](C)CCC[C@@H]1C. The average molecular weight is 297 g/mol. The Morgan fingerprint density at radius 1 is 1.35 bits per heavy atom. The summed E-state index contributed by atoms with van der Waals surface area (Å²) in [5.41, 5.74) is 0.583. The lowest BCUT2D eigenvalue weighted by Crippen LogP contribution is -2.47. The molecule has 1 aromatic heterocycles. The molecule has 20 heavy (non-hydrogen) atoms. The molecule has 1 saturated heterocycles. The molecule has 0 radical (unpaired) electrons. The highest BCUT2D eigenvalue weighted by molar-refractivity contribution is 7.89. The largest absolute Gasteiger partial charge is 0.383 e. The monoisotopic (exact) mass is 297 g/mol. The van der Waals surface area contributed by atoms with E-state index in [-0.39, 0.29) is 17.1 Å². The standard InChI is InChI=1S/C14H23N3O2S/c1-4-15-13-9-6-10-16-14(13)20(18,19)17-11(2)7-5-8-12(17)3/h6,9-12,15H,4-5,7-8H2,1-3H3/t11-,12+. The van der Waals surface area contributed by atoms with Gasteiger partial charge < -0.3 is 5.32 Å². The Hall–Kier alpha value is -1.14. The fourth-order valence-corrected chi connectivity index (χ4v) is 4.86. The number of nitrogens with one attached hydrogen (secondary N) is 1. The summed E-state index contributed by atoms with van der Waals surface area (Å²) in [6.07, 6.45) is 4.43. The van der Waals surface area contributed by atoms with Gasteiger partial charge in [0.2, 0.25) is 0 Å². The molecule has 1 fully saturated rings. The number of hydrogen-bond donors (Lipinski definition) is 1. The minimum absolute atomic E-state index is 0.0280.